The molecular formula is C30H30BrN7O5. The second-order valence-corrected chi connectivity index (χ2v) is 12.3. The molecule has 0 unspecified atom stereocenters. The third-order valence-corrected chi connectivity index (χ3v) is 8.87. The van der Waals surface area contributed by atoms with Crippen LogP contribution in [0.4, 0.5) is 5.82 Å². The molecule has 6 rings (SSSR count). The van der Waals surface area contributed by atoms with Gasteiger partial charge in [-0.15, -0.1) is 0 Å². The number of nitrogens with one attached hydrogen (secondary N) is 1. The van der Waals surface area contributed by atoms with Gasteiger partial charge in [-0.2, -0.15) is 5.10 Å². The highest BCUT2D eigenvalue weighted by Gasteiger charge is 2.64. The smallest absolute Gasteiger partial charge is 0.248 e. The molecule has 13 heteroatoms. The van der Waals surface area contributed by atoms with Crippen molar-refractivity contribution in [3.63, 3.8) is 0 Å². The van der Waals surface area contributed by atoms with Gasteiger partial charge in [0.1, 0.15) is 41.1 Å². The minimum Gasteiger partial charge on any atom is -0.392 e. The Labute approximate surface area is 255 Å². The number of amides is 2. The summed E-state index contributed by atoms with van der Waals surface area (Å²) in [6.07, 6.45) is 4.67. The second-order valence-electron chi connectivity index (χ2n) is 11.5. The van der Waals surface area contributed by atoms with Crippen LogP contribution in [0.1, 0.15) is 47.2 Å². The number of rotatable bonds is 8. The summed E-state index contributed by atoms with van der Waals surface area (Å²) in [7, 11) is 0. The molecule has 0 spiro atoms. The van der Waals surface area contributed by atoms with Crippen molar-refractivity contribution in [2.75, 3.05) is 11.9 Å². The van der Waals surface area contributed by atoms with Crippen LogP contribution in [-0.4, -0.2) is 76.1 Å². The predicted octanol–water partition coefficient (Wildman–Crippen LogP) is 2.95. The lowest BCUT2D eigenvalue weighted by molar-refractivity contribution is -0.138. The Hall–Kier alpha value is -4.07. The lowest BCUT2D eigenvalue weighted by Crippen LogP contribution is -2.47. The van der Waals surface area contributed by atoms with Gasteiger partial charge in [0.2, 0.25) is 17.6 Å². The van der Waals surface area contributed by atoms with E-state index in [-0.39, 0.29) is 47.9 Å². The first-order valence-corrected chi connectivity index (χ1v) is 14.6. The lowest BCUT2D eigenvalue weighted by Gasteiger charge is -2.27. The number of aliphatic hydroxyl groups excluding tert-OH is 2. The molecule has 1 saturated carbocycles. The number of aryl methyl sites for hydroxylation is 2. The minimum absolute atomic E-state index is 0.0625. The second kappa shape index (κ2) is 10.9. The number of likely N-dealkylation sites (tertiary alicyclic amines) is 1. The van der Waals surface area contributed by atoms with Gasteiger partial charge in [0.25, 0.3) is 0 Å². The van der Waals surface area contributed by atoms with Gasteiger partial charge in [-0.05, 0) is 77.4 Å². The monoisotopic (exact) mass is 647 g/mol. The fourth-order valence-corrected chi connectivity index (χ4v) is 6.41. The SMILES string of the molecule is Cc1ncc(-c2cc(C)c3c(c2)c(C(=O)CO)nn3CC(=O)N2[C@H](C(=O)Nc3nc(Br)ccc3CO)C[C@@]3(C)C[C@@H]23)cn1. The molecule has 12 nitrogen and oxygen atoms in total. The average Bonchev–Trinajstić information content (AvgIpc) is 3.34. The van der Waals surface area contributed by atoms with Crippen molar-refractivity contribution < 1.29 is 24.6 Å². The van der Waals surface area contributed by atoms with E-state index in [9.17, 15) is 24.6 Å². The number of piperidine rings is 1. The van der Waals surface area contributed by atoms with E-state index < -0.39 is 18.4 Å². The number of nitrogens with zero attached hydrogens (tertiary/aromatic N) is 6. The van der Waals surface area contributed by atoms with Crippen molar-refractivity contribution in [1.29, 1.82) is 0 Å². The molecule has 4 heterocycles. The zero-order valence-corrected chi connectivity index (χ0v) is 25.4. The molecule has 2 fully saturated rings. The number of hydrogen-bond acceptors (Lipinski definition) is 9. The van der Waals surface area contributed by atoms with Crippen LogP contribution in [0.5, 0.6) is 0 Å². The summed E-state index contributed by atoms with van der Waals surface area (Å²) >= 11 is 3.30. The van der Waals surface area contributed by atoms with Crippen molar-refractivity contribution in [3.05, 3.63) is 63.9 Å². The number of halogens is 1. The van der Waals surface area contributed by atoms with Crippen molar-refractivity contribution in [2.45, 2.75) is 58.8 Å². The third kappa shape index (κ3) is 5.21. The first-order valence-electron chi connectivity index (χ1n) is 13.9. The van der Waals surface area contributed by atoms with Crippen molar-refractivity contribution in [3.8, 4) is 11.1 Å². The molecule has 0 radical (unpaired) electrons. The van der Waals surface area contributed by atoms with Gasteiger partial charge in [0.05, 0.1) is 12.1 Å². The van der Waals surface area contributed by atoms with Crippen molar-refractivity contribution in [1.82, 2.24) is 29.6 Å². The highest BCUT2D eigenvalue weighted by molar-refractivity contribution is 9.10. The number of aromatic nitrogens is 5. The molecule has 0 bridgehead atoms. The van der Waals surface area contributed by atoms with E-state index in [1.54, 1.807) is 42.4 Å². The van der Waals surface area contributed by atoms with E-state index in [4.69, 9.17) is 0 Å². The van der Waals surface area contributed by atoms with Gasteiger partial charge in [-0.1, -0.05) is 13.0 Å². The number of hydrogen-bond donors (Lipinski definition) is 3. The molecule has 3 N–H and O–H groups in total. The number of carbonyl (C=O) groups is 3. The Balaban J connectivity index is 1.33. The number of Topliss-reactive ketones (excluding diaryl/α,β-unsaturated/α-hetero) is 1. The Morgan fingerprint density at radius 3 is 2.53 bits per heavy atom. The van der Waals surface area contributed by atoms with E-state index in [2.05, 4.69) is 48.2 Å². The Morgan fingerprint density at radius 1 is 1.09 bits per heavy atom. The topological polar surface area (TPSA) is 163 Å². The molecule has 222 valence electrons. The number of ketones is 1. The predicted molar refractivity (Wildman–Crippen MR) is 160 cm³/mol. The van der Waals surface area contributed by atoms with Crippen LogP contribution in [0.25, 0.3) is 22.0 Å². The van der Waals surface area contributed by atoms with Gasteiger partial charge in [-0.3, -0.25) is 19.1 Å². The Kier molecular flexibility index (Phi) is 7.35. The number of fused-ring (bicyclic) bond motifs is 2. The van der Waals surface area contributed by atoms with Crippen LogP contribution < -0.4 is 5.32 Å². The summed E-state index contributed by atoms with van der Waals surface area (Å²) in [4.78, 5) is 54.6. The number of carbonyl (C=O) groups excluding carboxylic acids is 3. The summed E-state index contributed by atoms with van der Waals surface area (Å²) < 4.78 is 1.99. The molecule has 2 aliphatic rings. The van der Waals surface area contributed by atoms with Crippen LogP contribution >= 0.6 is 15.9 Å². The van der Waals surface area contributed by atoms with Crippen LogP contribution in [0, 0.1) is 19.3 Å². The van der Waals surface area contributed by atoms with E-state index in [0.717, 1.165) is 23.1 Å². The maximum Gasteiger partial charge on any atom is 0.248 e. The Bertz CT molecular complexity index is 1790. The van der Waals surface area contributed by atoms with Gasteiger partial charge < -0.3 is 20.4 Å². The molecular weight excluding hydrogens is 618 g/mol. The van der Waals surface area contributed by atoms with Gasteiger partial charge in [0, 0.05) is 34.9 Å². The summed E-state index contributed by atoms with van der Waals surface area (Å²) in [6.45, 7) is 4.48. The summed E-state index contributed by atoms with van der Waals surface area (Å²) in [6, 6.07) is 6.21. The average molecular weight is 649 g/mol. The lowest BCUT2D eigenvalue weighted by atomic mass is 10.0. The summed E-state index contributed by atoms with van der Waals surface area (Å²) in [5.41, 5.74) is 3.24. The summed E-state index contributed by atoms with van der Waals surface area (Å²) in [5.74, 6) is -0.396. The molecule has 1 saturated heterocycles. The molecule has 2 amide bonds. The van der Waals surface area contributed by atoms with Gasteiger partial charge in [0.15, 0.2) is 0 Å². The fraction of sp³-hybridized carbons (Fsp3) is 0.367. The number of anilines is 1. The zero-order chi connectivity index (χ0) is 30.6. The highest BCUT2D eigenvalue weighted by Crippen LogP contribution is 2.59. The Morgan fingerprint density at radius 2 is 1.84 bits per heavy atom. The minimum atomic E-state index is -0.738. The molecule has 1 aliphatic heterocycles. The molecule has 3 atom stereocenters. The van der Waals surface area contributed by atoms with Crippen LogP contribution in [0.15, 0.2) is 41.3 Å². The molecule has 4 aromatic rings. The highest BCUT2D eigenvalue weighted by atomic mass is 79.9. The van der Waals surface area contributed by atoms with Gasteiger partial charge in [-0.25, -0.2) is 15.0 Å². The molecule has 3 aromatic heterocycles. The van der Waals surface area contributed by atoms with E-state index >= 15 is 0 Å². The van der Waals surface area contributed by atoms with Crippen LogP contribution in [0.3, 0.4) is 0 Å². The van der Waals surface area contributed by atoms with Gasteiger partial charge >= 0.3 is 0 Å². The zero-order valence-electron chi connectivity index (χ0n) is 23.8. The first-order chi connectivity index (χ1) is 20.5. The fourth-order valence-electron chi connectivity index (χ4n) is 6.10. The van der Waals surface area contributed by atoms with Crippen LogP contribution in [-0.2, 0) is 22.7 Å². The molecule has 1 aliphatic carbocycles. The largest absolute Gasteiger partial charge is 0.392 e. The van der Waals surface area contributed by atoms with E-state index in [1.165, 1.54) is 4.68 Å². The number of benzene rings is 1. The van der Waals surface area contributed by atoms with E-state index in [1.807, 2.05) is 13.0 Å². The first kappa shape index (κ1) is 29.0. The number of aliphatic hydroxyl groups is 2. The quantitative estimate of drug-likeness (QED) is 0.193. The summed E-state index contributed by atoms with van der Waals surface area (Å²) in [5, 5.41) is 27.2. The van der Waals surface area contributed by atoms with Crippen LogP contribution in [0.2, 0.25) is 0 Å². The third-order valence-electron chi connectivity index (χ3n) is 8.42. The standard InChI is InChI=1S/C30H30BrN7O5/c1-15-6-18(19-10-32-16(2)33-11-19)7-20-26(22(41)14-40)36-37(27(15)20)12-25(42)38-21(8-30(3)9-23(30)38)29(43)35-28-17(13-39)4-5-24(31)34-28/h4-7,10-11,21,23,39-40H,8-9,12-14H2,1-3H3,(H,34,35,43)/t21-,23+,30-/m0/s1. The normalized spacial score (nSPS) is 20.7. The molecule has 1 aromatic carbocycles. The van der Waals surface area contributed by atoms with Crippen molar-refractivity contribution >= 4 is 50.2 Å². The number of pyridine rings is 1. The van der Waals surface area contributed by atoms with E-state index in [0.29, 0.717) is 33.3 Å². The van der Waals surface area contributed by atoms with Crippen molar-refractivity contribution in [2.24, 2.45) is 5.41 Å². The maximum absolute atomic E-state index is 13.9. The maximum atomic E-state index is 13.9. The molecule has 43 heavy (non-hydrogen) atoms.